The minimum Gasteiger partial charge on any atom is -0.103 e. The van der Waals surface area contributed by atoms with Gasteiger partial charge in [-0.25, -0.2) is 0 Å². The van der Waals surface area contributed by atoms with E-state index in [-0.39, 0.29) is 0 Å². The first-order valence-electron chi connectivity index (χ1n) is 9.12. The molecular weight excluding hydrogens is 276 g/mol. The van der Waals surface area contributed by atoms with Crippen LogP contribution in [0.5, 0.6) is 0 Å². The fourth-order valence-electron chi connectivity index (χ4n) is 3.24. The summed E-state index contributed by atoms with van der Waals surface area (Å²) in [6.07, 6.45) is 12.5. The topological polar surface area (TPSA) is 0 Å². The standard InChI is InChI=1S/C23H30/c1-2-3-4-5-6-7-8-15-20-23(21-16-11-9-12-17-21)22-18-13-10-14-19-22/h2,9-14,16-19,23H,1,3-8,15,20H2. The third-order valence-electron chi connectivity index (χ3n) is 4.55. The molecule has 23 heavy (non-hydrogen) atoms. The summed E-state index contributed by atoms with van der Waals surface area (Å²) in [6, 6.07) is 21.9. The zero-order chi connectivity index (χ0) is 16.2. The number of allylic oxidation sites excluding steroid dienone is 1. The lowest BCUT2D eigenvalue weighted by Gasteiger charge is -2.18. The Balaban J connectivity index is 1.81. The Morgan fingerprint density at radius 2 is 1.13 bits per heavy atom. The molecule has 0 nitrogen and oxygen atoms in total. The number of hydrogen-bond acceptors (Lipinski definition) is 0. The quantitative estimate of drug-likeness (QED) is 0.306. The summed E-state index contributed by atoms with van der Waals surface area (Å²) in [7, 11) is 0. The molecule has 0 fully saturated rings. The summed E-state index contributed by atoms with van der Waals surface area (Å²) >= 11 is 0. The smallest absolute Gasteiger partial charge is 0.00893 e. The van der Waals surface area contributed by atoms with E-state index in [9.17, 15) is 0 Å². The molecular formula is C23H30. The normalized spacial score (nSPS) is 10.8. The van der Waals surface area contributed by atoms with Crippen LogP contribution >= 0.6 is 0 Å². The van der Waals surface area contributed by atoms with E-state index in [1.54, 1.807) is 0 Å². The van der Waals surface area contributed by atoms with Gasteiger partial charge in [0.2, 0.25) is 0 Å². The molecule has 0 spiro atoms. The zero-order valence-electron chi connectivity index (χ0n) is 14.3. The Morgan fingerprint density at radius 1 is 0.652 bits per heavy atom. The van der Waals surface area contributed by atoms with Crippen molar-refractivity contribution in [2.24, 2.45) is 0 Å². The van der Waals surface area contributed by atoms with Gasteiger partial charge in [0.05, 0.1) is 0 Å². The van der Waals surface area contributed by atoms with Crippen LogP contribution < -0.4 is 0 Å². The van der Waals surface area contributed by atoms with Crippen molar-refractivity contribution < 1.29 is 0 Å². The molecule has 0 aliphatic heterocycles. The minimum atomic E-state index is 0.540. The monoisotopic (exact) mass is 306 g/mol. The lowest BCUT2D eigenvalue weighted by atomic mass is 9.87. The fourth-order valence-corrected chi connectivity index (χ4v) is 3.24. The molecule has 0 N–H and O–H groups in total. The van der Waals surface area contributed by atoms with Gasteiger partial charge in [0.25, 0.3) is 0 Å². The van der Waals surface area contributed by atoms with E-state index in [0.717, 1.165) is 0 Å². The van der Waals surface area contributed by atoms with Crippen molar-refractivity contribution in [1.29, 1.82) is 0 Å². The summed E-state index contributed by atoms with van der Waals surface area (Å²) in [5, 5.41) is 0. The molecule has 0 heterocycles. The highest BCUT2D eigenvalue weighted by molar-refractivity contribution is 5.32. The highest BCUT2D eigenvalue weighted by Crippen LogP contribution is 2.29. The van der Waals surface area contributed by atoms with Gasteiger partial charge in [0, 0.05) is 5.92 Å². The van der Waals surface area contributed by atoms with Crippen LogP contribution in [0.2, 0.25) is 0 Å². The Kier molecular flexibility index (Phi) is 8.26. The Labute approximate surface area is 142 Å². The summed E-state index contributed by atoms with van der Waals surface area (Å²) < 4.78 is 0. The molecule has 0 heteroatoms. The first kappa shape index (κ1) is 17.5. The lowest BCUT2D eigenvalue weighted by Crippen LogP contribution is -2.01. The van der Waals surface area contributed by atoms with Crippen molar-refractivity contribution in [3.8, 4) is 0 Å². The minimum absolute atomic E-state index is 0.540. The maximum absolute atomic E-state index is 3.78. The molecule has 0 amide bonds. The van der Waals surface area contributed by atoms with Crippen molar-refractivity contribution >= 4 is 0 Å². The van der Waals surface area contributed by atoms with Crippen molar-refractivity contribution in [3.05, 3.63) is 84.4 Å². The van der Waals surface area contributed by atoms with E-state index in [0.29, 0.717) is 5.92 Å². The van der Waals surface area contributed by atoms with Gasteiger partial charge in [-0.15, -0.1) is 6.58 Å². The van der Waals surface area contributed by atoms with Gasteiger partial charge in [0.15, 0.2) is 0 Å². The molecule has 0 unspecified atom stereocenters. The summed E-state index contributed by atoms with van der Waals surface area (Å²) in [5.74, 6) is 0.540. The second-order valence-electron chi connectivity index (χ2n) is 6.36. The van der Waals surface area contributed by atoms with Crippen LogP contribution in [-0.2, 0) is 0 Å². The average molecular weight is 306 g/mol. The molecule has 0 aliphatic carbocycles. The summed E-state index contributed by atoms with van der Waals surface area (Å²) in [5.41, 5.74) is 2.90. The molecule has 0 radical (unpaired) electrons. The third kappa shape index (κ3) is 6.44. The van der Waals surface area contributed by atoms with E-state index < -0.39 is 0 Å². The first-order chi connectivity index (χ1) is 11.4. The van der Waals surface area contributed by atoms with Gasteiger partial charge in [0.1, 0.15) is 0 Å². The van der Waals surface area contributed by atoms with Gasteiger partial charge in [-0.05, 0) is 30.4 Å². The van der Waals surface area contributed by atoms with E-state index in [1.807, 2.05) is 6.08 Å². The van der Waals surface area contributed by atoms with Crippen LogP contribution in [-0.4, -0.2) is 0 Å². The SMILES string of the molecule is C=CCCCCCCCCC(c1ccccc1)c1ccccc1. The molecule has 2 aromatic carbocycles. The zero-order valence-corrected chi connectivity index (χ0v) is 14.3. The highest BCUT2D eigenvalue weighted by Gasteiger charge is 2.13. The largest absolute Gasteiger partial charge is 0.103 e. The van der Waals surface area contributed by atoms with Crippen LogP contribution in [0, 0.1) is 0 Å². The van der Waals surface area contributed by atoms with E-state index in [4.69, 9.17) is 0 Å². The van der Waals surface area contributed by atoms with E-state index in [1.165, 1.54) is 62.5 Å². The maximum atomic E-state index is 3.78. The van der Waals surface area contributed by atoms with Crippen LogP contribution in [0.4, 0.5) is 0 Å². The Hall–Kier alpha value is -1.82. The molecule has 2 rings (SSSR count). The van der Waals surface area contributed by atoms with Crippen LogP contribution in [0.3, 0.4) is 0 Å². The molecule has 0 bridgehead atoms. The predicted octanol–water partition coefficient (Wildman–Crippen LogP) is 7.13. The lowest BCUT2D eigenvalue weighted by molar-refractivity contribution is 0.563. The molecule has 0 atom stereocenters. The van der Waals surface area contributed by atoms with Gasteiger partial charge < -0.3 is 0 Å². The summed E-state index contributed by atoms with van der Waals surface area (Å²) in [4.78, 5) is 0. The second-order valence-corrected chi connectivity index (χ2v) is 6.36. The molecule has 0 saturated carbocycles. The second kappa shape index (κ2) is 10.8. The average Bonchev–Trinajstić information content (AvgIpc) is 2.62. The third-order valence-corrected chi connectivity index (χ3v) is 4.55. The predicted molar refractivity (Wildman–Crippen MR) is 102 cm³/mol. The van der Waals surface area contributed by atoms with Crippen molar-refractivity contribution in [2.75, 3.05) is 0 Å². The molecule has 0 saturated heterocycles. The number of benzene rings is 2. The molecule has 122 valence electrons. The number of unbranched alkanes of at least 4 members (excludes halogenated alkanes) is 6. The number of rotatable bonds is 11. The fraction of sp³-hybridized carbons (Fsp3) is 0.391. The molecule has 0 aliphatic rings. The van der Waals surface area contributed by atoms with Gasteiger partial charge in [-0.1, -0.05) is 98.8 Å². The van der Waals surface area contributed by atoms with E-state index >= 15 is 0 Å². The molecule has 0 aromatic heterocycles. The van der Waals surface area contributed by atoms with Gasteiger partial charge in [-0.2, -0.15) is 0 Å². The first-order valence-corrected chi connectivity index (χ1v) is 9.12. The maximum Gasteiger partial charge on any atom is 0.00893 e. The van der Waals surface area contributed by atoms with Gasteiger partial charge >= 0.3 is 0 Å². The molecule has 2 aromatic rings. The Morgan fingerprint density at radius 3 is 1.65 bits per heavy atom. The highest BCUT2D eigenvalue weighted by atomic mass is 14.2. The van der Waals surface area contributed by atoms with Gasteiger partial charge in [-0.3, -0.25) is 0 Å². The van der Waals surface area contributed by atoms with Crippen LogP contribution in [0.1, 0.15) is 68.4 Å². The van der Waals surface area contributed by atoms with Crippen LogP contribution in [0.25, 0.3) is 0 Å². The van der Waals surface area contributed by atoms with Crippen LogP contribution in [0.15, 0.2) is 73.3 Å². The van der Waals surface area contributed by atoms with Crippen molar-refractivity contribution in [1.82, 2.24) is 0 Å². The van der Waals surface area contributed by atoms with Crippen molar-refractivity contribution in [2.45, 2.75) is 57.3 Å². The Bertz CT molecular complexity index is 487. The number of hydrogen-bond donors (Lipinski definition) is 0. The summed E-state index contributed by atoms with van der Waals surface area (Å²) in [6.45, 7) is 3.78. The van der Waals surface area contributed by atoms with Crippen molar-refractivity contribution in [3.63, 3.8) is 0 Å². The van der Waals surface area contributed by atoms with E-state index in [2.05, 4.69) is 67.2 Å².